The summed E-state index contributed by atoms with van der Waals surface area (Å²) in [4.78, 5) is 39.6. The Labute approximate surface area is 206 Å². The number of benzene rings is 2. The molecule has 186 valence electrons. The van der Waals surface area contributed by atoms with Gasteiger partial charge in [-0.1, -0.05) is 69.3 Å². The van der Waals surface area contributed by atoms with Gasteiger partial charge in [-0.3, -0.25) is 4.79 Å². The summed E-state index contributed by atoms with van der Waals surface area (Å²) in [5, 5.41) is 12.6. The normalized spacial score (nSPS) is 19.8. The van der Waals surface area contributed by atoms with Crippen LogP contribution in [0.3, 0.4) is 0 Å². The van der Waals surface area contributed by atoms with E-state index in [2.05, 4.69) is 29.6 Å². The van der Waals surface area contributed by atoms with Gasteiger partial charge in [0.15, 0.2) is 0 Å². The third-order valence-corrected chi connectivity index (χ3v) is 7.67. The molecular weight excluding hydrogens is 444 g/mol. The number of alkyl carbamates (subject to hydrolysis) is 1. The van der Waals surface area contributed by atoms with Crippen LogP contribution in [0.2, 0.25) is 0 Å². The molecule has 1 aliphatic heterocycles. The molecule has 2 unspecified atom stereocenters. The number of amides is 2. The highest BCUT2D eigenvalue weighted by molar-refractivity contribution is 5.89. The molecule has 1 fully saturated rings. The molecule has 4 rings (SSSR count). The molecule has 1 heterocycles. The molecule has 1 aliphatic carbocycles. The summed E-state index contributed by atoms with van der Waals surface area (Å²) in [6.45, 7) is 6.35. The molecule has 2 aromatic rings. The van der Waals surface area contributed by atoms with Gasteiger partial charge in [0.2, 0.25) is 5.91 Å². The maximum Gasteiger partial charge on any atom is 0.407 e. The molecule has 0 aromatic heterocycles. The van der Waals surface area contributed by atoms with Crippen LogP contribution in [-0.2, 0) is 14.3 Å². The second-order valence-corrected chi connectivity index (χ2v) is 9.84. The Hall–Kier alpha value is -3.35. The number of carboxylic acid groups (broad SMARTS) is 1. The number of aliphatic carboxylic acids is 1. The van der Waals surface area contributed by atoms with Crippen molar-refractivity contribution in [2.75, 3.05) is 19.7 Å². The van der Waals surface area contributed by atoms with E-state index in [1.54, 1.807) is 6.92 Å². The standard InChI is InChI=1S/C28H34N2O5/c1-4-28(26(32)33)14-9-15-30(28)25(31)23(18(2)3)16-29-27(34)35-17-24-21-12-7-5-10-19(21)20-11-6-8-13-22(20)24/h5-8,10-13,18,23-24H,4,9,14-17H2,1-3H3,(H,29,34)(H,32,33). The van der Waals surface area contributed by atoms with Crippen molar-refractivity contribution in [2.24, 2.45) is 11.8 Å². The molecule has 2 atom stereocenters. The summed E-state index contributed by atoms with van der Waals surface area (Å²) in [7, 11) is 0. The van der Waals surface area contributed by atoms with Gasteiger partial charge in [0, 0.05) is 19.0 Å². The van der Waals surface area contributed by atoms with Crippen LogP contribution in [0.5, 0.6) is 0 Å². The molecule has 0 radical (unpaired) electrons. The van der Waals surface area contributed by atoms with Gasteiger partial charge in [-0.05, 0) is 47.4 Å². The number of carbonyl (C=O) groups is 3. The zero-order chi connectivity index (χ0) is 25.2. The van der Waals surface area contributed by atoms with Crippen molar-refractivity contribution in [1.29, 1.82) is 0 Å². The number of carboxylic acids is 1. The quantitative estimate of drug-likeness (QED) is 0.576. The lowest BCUT2D eigenvalue weighted by Crippen LogP contribution is -2.56. The second kappa shape index (κ2) is 10.1. The smallest absolute Gasteiger partial charge is 0.407 e. The number of nitrogens with one attached hydrogen (secondary N) is 1. The Morgan fingerprint density at radius 1 is 1.09 bits per heavy atom. The van der Waals surface area contributed by atoms with Crippen molar-refractivity contribution in [3.63, 3.8) is 0 Å². The van der Waals surface area contributed by atoms with Gasteiger partial charge in [-0.15, -0.1) is 0 Å². The summed E-state index contributed by atoms with van der Waals surface area (Å²) >= 11 is 0. The Morgan fingerprint density at radius 3 is 2.23 bits per heavy atom. The number of fused-ring (bicyclic) bond motifs is 3. The Morgan fingerprint density at radius 2 is 1.69 bits per heavy atom. The Balaban J connectivity index is 1.40. The van der Waals surface area contributed by atoms with Crippen LogP contribution in [-0.4, -0.2) is 53.2 Å². The average molecular weight is 479 g/mol. The molecule has 2 aliphatic rings. The molecule has 35 heavy (non-hydrogen) atoms. The average Bonchev–Trinajstić information content (AvgIpc) is 3.43. The summed E-state index contributed by atoms with van der Waals surface area (Å²) in [5.41, 5.74) is 3.43. The molecule has 7 heteroatoms. The SMILES string of the molecule is CCC1(C(=O)O)CCCN1C(=O)C(CNC(=O)OCC1c2ccccc2-c2ccccc21)C(C)C. The molecule has 0 spiro atoms. The van der Waals surface area contributed by atoms with Gasteiger partial charge in [0.1, 0.15) is 12.1 Å². The Kier molecular flexibility index (Phi) is 7.15. The number of hydrogen-bond donors (Lipinski definition) is 2. The first-order valence-electron chi connectivity index (χ1n) is 12.4. The van der Waals surface area contributed by atoms with Crippen molar-refractivity contribution >= 4 is 18.0 Å². The molecule has 0 saturated carbocycles. The van der Waals surface area contributed by atoms with Gasteiger partial charge in [-0.2, -0.15) is 0 Å². The monoisotopic (exact) mass is 478 g/mol. The fourth-order valence-electron chi connectivity index (χ4n) is 5.59. The lowest BCUT2D eigenvalue weighted by Gasteiger charge is -2.37. The van der Waals surface area contributed by atoms with Crippen LogP contribution >= 0.6 is 0 Å². The van der Waals surface area contributed by atoms with Crippen molar-refractivity contribution < 1.29 is 24.2 Å². The fourth-order valence-corrected chi connectivity index (χ4v) is 5.59. The minimum absolute atomic E-state index is 0.0407. The van der Waals surface area contributed by atoms with E-state index in [1.165, 1.54) is 4.90 Å². The van der Waals surface area contributed by atoms with E-state index in [-0.39, 0.29) is 30.9 Å². The zero-order valence-electron chi connectivity index (χ0n) is 20.6. The topological polar surface area (TPSA) is 95.9 Å². The van der Waals surface area contributed by atoms with E-state index in [1.807, 2.05) is 38.1 Å². The highest BCUT2D eigenvalue weighted by atomic mass is 16.5. The molecule has 2 aromatic carbocycles. The van der Waals surface area contributed by atoms with E-state index >= 15 is 0 Å². The van der Waals surface area contributed by atoms with Crippen molar-refractivity contribution in [1.82, 2.24) is 10.2 Å². The van der Waals surface area contributed by atoms with Gasteiger partial charge in [0.25, 0.3) is 0 Å². The van der Waals surface area contributed by atoms with E-state index in [4.69, 9.17) is 4.74 Å². The molecule has 2 amide bonds. The van der Waals surface area contributed by atoms with E-state index < -0.39 is 23.5 Å². The first kappa shape index (κ1) is 24.8. The molecule has 2 N–H and O–H groups in total. The van der Waals surface area contributed by atoms with Crippen LogP contribution in [0.1, 0.15) is 57.1 Å². The minimum Gasteiger partial charge on any atom is -0.479 e. The van der Waals surface area contributed by atoms with E-state index in [9.17, 15) is 19.5 Å². The molecule has 0 bridgehead atoms. The van der Waals surface area contributed by atoms with Gasteiger partial charge in [0.05, 0.1) is 5.92 Å². The van der Waals surface area contributed by atoms with Crippen molar-refractivity contribution in [3.05, 3.63) is 59.7 Å². The van der Waals surface area contributed by atoms with Gasteiger partial charge >= 0.3 is 12.1 Å². The van der Waals surface area contributed by atoms with Crippen LogP contribution in [0.25, 0.3) is 11.1 Å². The number of nitrogens with zero attached hydrogens (tertiary/aromatic N) is 1. The Bertz CT molecular complexity index is 1070. The van der Waals surface area contributed by atoms with Gasteiger partial charge in [-0.25, -0.2) is 9.59 Å². The minimum atomic E-state index is -1.16. The lowest BCUT2D eigenvalue weighted by atomic mass is 9.89. The van der Waals surface area contributed by atoms with Crippen LogP contribution in [0, 0.1) is 11.8 Å². The number of carbonyl (C=O) groups excluding carboxylic acids is 2. The number of hydrogen-bond acceptors (Lipinski definition) is 4. The molecule has 7 nitrogen and oxygen atoms in total. The third kappa shape index (κ3) is 4.51. The lowest BCUT2D eigenvalue weighted by molar-refractivity contribution is -0.159. The molecule has 1 saturated heterocycles. The predicted octanol–water partition coefficient (Wildman–Crippen LogP) is 4.65. The summed E-state index contributed by atoms with van der Waals surface area (Å²) < 4.78 is 5.61. The fraction of sp³-hybridized carbons (Fsp3) is 0.464. The number of rotatable bonds is 8. The largest absolute Gasteiger partial charge is 0.479 e. The first-order chi connectivity index (χ1) is 16.8. The first-order valence-corrected chi connectivity index (χ1v) is 12.4. The maximum absolute atomic E-state index is 13.4. The summed E-state index contributed by atoms with van der Waals surface area (Å²) in [6.07, 6.45) is 0.899. The van der Waals surface area contributed by atoms with E-state index in [0.29, 0.717) is 25.8 Å². The highest BCUT2D eigenvalue weighted by Crippen LogP contribution is 2.44. The second-order valence-electron chi connectivity index (χ2n) is 9.84. The highest BCUT2D eigenvalue weighted by Gasteiger charge is 2.50. The van der Waals surface area contributed by atoms with E-state index in [0.717, 1.165) is 22.3 Å². The van der Waals surface area contributed by atoms with Crippen molar-refractivity contribution in [2.45, 2.75) is 51.5 Å². The third-order valence-electron chi connectivity index (χ3n) is 7.67. The summed E-state index contributed by atoms with van der Waals surface area (Å²) in [5.74, 6) is -1.82. The van der Waals surface area contributed by atoms with Crippen molar-refractivity contribution in [3.8, 4) is 11.1 Å². The van der Waals surface area contributed by atoms with Crippen LogP contribution in [0.15, 0.2) is 48.5 Å². The zero-order valence-corrected chi connectivity index (χ0v) is 20.6. The van der Waals surface area contributed by atoms with Crippen LogP contribution < -0.4 is 5.32 Å². The summed E-state index contributed by atoms with van der Waals surface area (Å²) in [6, 6.07) is 16.3. The van der Waals surface area contributed by atoms with Crippen LogP contribution in [0.4, 0.5) is 4.79 Å². The van der Waals surface area contributed by atoms with Gasteiger partial charge < -0.3 is 20.1 Å². The predicted molar refractivity (Wildman–Crippen MR) is 133 cm³/mol. The number of likely N-dealkylation sites (tertiary alicyclic amines) is 1. The number of ether oxygens (including phenoxy) is 1. The maximum atomic E-state index is 13.4. The molecular formula is C28H34N2O5.